The second-order valence-electron chi connectivity index (χ2n) is 8.31. The zero-order valence-corrected chi connectivity index (χ0v) is 17.8. The van der Waals surface area contributed by atoms with E-state index in [-0.39, 0.29) is 24.3 Å². The minimum absolute atomic E-state index is 0.0542. The molecule has 1 atom stereocenters. The van der Waals surface area contributed by atoms with E-state index >= 15 is 0 Å². The van der Waals surface area contributed by atoms with E-state index in [2.05, 4.69) is 9.64 Å². The van der Waals surface area contributed by atoms with Gasteiger partial charge in [-0.1, -0.05) is 12.1 Å². The standard InChI is InChI=1S/C24H27F3N2O3/c25-24(26,27)32-22-9-5-18(6-10-22)17-31-21-11-7-19(8-12-21)23(30)29-15-3-4-20(29)16-28-13-1-2-14-28/h5-12,20H,1-4,13-17H2/t20-/m0/s1. The normalized spacial score (nSPS) is 19.3. The van der Waals surface area contributed by atoms with Gasteiger partial charge >= 0.3 is 6.36 Å². The van der Waals surface area contributed by atoms with Crippen LogP contribution in [0, 0.1) is 0 Å². The van der Waals surface area contributed by atoms with Gasteiger partial charge in [-0.05, 0) is 80.7 Å². The predicted molar refractivity (Wildman–Crippen MR) is 114 cm³/mol. The molecule has 2 fully saturated rings. The molecule has 2 heterocycles. The highest BCUT2D eigenvalue weighted by Gasteiger charge is 2.32. The summed E-state index contributed by atoms with van der Waals surface area (Å²) >= 11 is 0. The molecule has 0 N–H and O–H groups in total. The molecule has 0 spiro atoms. The number of carbonyl (C=O) groups excluding carboxylic acids is 1. The first-order valence-corrected chi connectivity index (χ1v) is 11.0. The summed E-state index contributed by atoms with van der Waals surface area (Å²) in [5.41, 5.74) is 1.35. The van der Waals surface area contributed by atoms with Crippen LogP contribution in [0.15, 0.2) is 48.5 Å². The van der Waals surface area contributed by atoms with Crippen LogP contribution in [0.2, 0.25) is 0 Å². The molecule has 8 heteroatoms. The second-order valence-corrected chi connectivity index (χ2v) is 8.31. The van der Waals surface area contributed by atoms with Gasteiger partial charge in [0.15, 0.2) is 0 Å². The van der Waals surface area contributed by atoms with Gasteiger partial charge in [-0.15, -0.1) is 13.2 Å². The van der Waals surface area contributed by atoms with Crippen molar-refractivity contribution >= 4 is 5.91 Å². The third kappa shape index (κ3) is 5.94. The van der Waals surface area contributed by atoms with E-state index in [4.69, 9.17) is 4.74 Å². The van der Waals surface area contributed by atoms with Crippen molar-refractivity contribution in [1.29, 1.82) is 0 Å². The van der Waals surface area contributed by atoms with E-state index < -0.39 is 6.36 Å². The Morgan fingerprint density at radius 1 is 0.906 bits per heavy atom. The van der Waals surface area contributed by atoms with Crippen LogP contribution in [-0.2, 0) is 6.61 Å². The molecular weight excluding hydrogens is 421 g/mol. The highest BCUT2D eigenvalue weighted by molar-refractivity contribution is 5.94. The van der Waals surface area contributed by atoms with Crippen molar-refractivity contribution in [2.75, 3.05) is 26.2 Å². The van der Waals surface area contributed by atoms with Crippen LogP contribution < -0.4 is 9.47 Å². The number of carbonyl (C=O) groups is 1. The largest absolute Gasteiger partial charge is 0.573 e. The van der Waals surface area contributed by atoms with Crippen LogP contribution in [0.1, 0.15) is 41.6 Å². The lowest BCUT2D eigenvalue weighted by Gasteiger charge is -2.28. The van der Waals surface area contributed by atoms with Crippen LogP contribution in [0.4, 0.5) is 13.2 Å². The molecule has 2 aliphatic rings. The van der Waals surface area contributed by atoms with Crippen LogP contribution in [0.3, 0.4) is 0 Å². The molecule has 0 unspecified atom stereocenters. The average Bonchev–Trinajstić information content (AvgIpc) is 3.45. The molecule has 1 amide bonds. The molecule has 0 aliphatic carbocycles. The third-order valence-electron chi connectivity index (χ3n) is 5.97. The smallest absolute Gasteiger partial charge is 0.489 e. The Labute approximate surface area is 185 Å². The number of hydrogen-bond donors (Lipinski definition) is 0. The van der Waals surface area contributed by atoms with Gasteiger partial charge in [0.25, 0.3) is 5.91 Å². The summed E-state index contributed by atoms with van der Waals surface area (Å²) in [4.78, 5) is 17.5. The predicted octanol–water partition coefficient (Wildman–Crippen LogP) is 4.86. The van der Waals surface area contributed by atoms with Crippen molar-refractivity contribution in [2.45, 2.75) is 44.7 Å². The SMILES string of the molecule is O=C(c1ccc(OCc2ccc(OC(F)(F)F)cc2)cc1)N1CCC[C@H]1CN1CCCC1. The molecule has 0 aromatic heterocycles. The number of amides is 1. The van der Waals surface area contributed by atoms with Gasteiger partial charge in [0, 0.05) is 24.7 Å². The van der Waals surface area contributed by atoms with Crippen LogP contribution in [0.5, 0.6) is 11.5 Å². The molecule has 2 aromatic carbocycles. The lowest BCUT2D eigenvalue weighted by atomic mass is 10.1. The van der Waals surface area contributed by atoms with Crippen LogP contribution >= 0.6 is 0 Å². The number of benzene rings is 2. The van der Waals surface area contributed by atoms with Gasteiger partial charge in [0.2, 0.25) is 0 Å². The van der Waals surface area contributed by atoms with Crippen molar-refractivity contribution < 1.29 is 27.4 Å². The molecule has 2 saturated heterocycles. The summed E-state index contributed by atoms with van der Waals surface area (Å²) in [7, 11) is 0. The van der Waals surface area contributed by atoms with Crippen molar-refractivity contribution in [3.63, 3.8) is 0 Å². The summed E-state index contributed by atoms with van der Waals surface area (Å²) in [6, 6.07) is 12.9. The van der Waals surface area contributed by atoms with E-state index in [0.29, 0.717) is 16.9 Å². The maximum Gasteiger partial charge on any atom is 0.573 e. The Bertz CT molecular complexity index is 894. The minimum Gasteiger partial charge on any atom is -0.489 e. The zero-order chi connectivity index (χ0) is 22.6. The molecule has 2 aliphatic heterocycles. The quantitative estimate of drug-likeness (QED) is 0.607. The molecule has 0 saturated carbocycles. The number of ether oxygens (including phenoxy) is 2. The van der Waals surface area contributed by atoms with Crippen molar-refractivity contribution in [3.8, 4) is 11.5 Å². The van der Waals surface area contributed by atoms with E-state index in [1.807, 2.05) is 4.90 Å². The van der Waals surface area contributed by atoms with E-state index in [9.17, 15) is 18.0 Å². The van der Waals surface area contributed by atoms with Gasteiger partial charge in [-0.3, -0.25) is 4.79 Å². The van der Waals surface area contributed by atoms with Crippen molar-refractivity contribution in [3.05, 3.63) is 59.7 Å². The fraction of sp³-hybridized carbons (Fsp3) is 0.458. The van der Waals surface area contributed by atoms with E-state index in [1.54, 1.807) is 24.3 Å². The molecule has 4 rings (SSSR count). The van der Waals surface area contributed by atoms with Gasteiger partial charge in [-0.25, -0.2) is 0 Å². The number of hydrogen-bond acceptors (Lipinski definition) is 4. The summed E-state index contributed by atoms with van der Waals surface area (Å²) in [5.74, 6) is 0.375. The topological polar surface area (TPSA) is 42.0 Å². The van der Waals surface area contributed by atoms with Crippen molar-refractivity contribution in [1.82, 2.24) is 9.80 Å². The van der Waals surface area contributed by atoms with E-state index in [1.165, 1.54) is 37.1 Å². The first kappa shape index (κ1) is 22.5. The number of likely N-dealkylation sites (tertiary alicyclic amines) is 2. The van der Waals surface area contributed by atoms with Gasteiger partial charge in [0.05, 0.1) is 0 Å². The number of nitrogens with zero attached hydrogens (tertiary/aromatic N) is 2. The molecule has 2 aromatic rings. The number of rotatable bonds is 7. The number of halogens is 3. The monoisotopic (exact) mass is 448 g/mol. The summed E-state index contributed by atoms with van der Waals surface area (Å²) < 4.78 is 46.3. The van der Waals surface area contributed by atoms with Crippen molar-refractivity contribution in [2.24, 2.45) is 0 Å². The van der Waals surface area contributed by atoms with Crippen LogP contribution in [-0.4, -0.2) is 54.3 Å². The molecule has 172 valence electrons. The van der Waals surface area contributed by atoms with Crippen LogP contribution in [0.25, 0.3) is 0 Å². The second kappa shape index (κ2) is 9.81. The first-order chi connectivity index (χ1) is 15.4. The van der Waals surface area contributed by atoms with Gasteiger partial charge in [0.1, 0.15) is 18.1 Å². The Kier molecular flexibility index (Phi) is 6.89. The maximum atomic E-state index is 13.0. The third-order valence-corrected chi connectivity index (χ3v) is 5.97. The van der Waals surface area contributed by atoms with Gasteiger partial charge in [-0.2, -0.15) is 0 Å². The summed E-state index contributed by atoms with van der Waals surface area (Å²) in [6.45, 7) is 4.21. The van der Waals surface area contributed by atoms with Gasteiger partial charge < -0.3 is 19.3 Å². The number of alkyl halides is 3. The summed E-state index contributed by atoms with van der Waals surface area (Å²) in [6.07, 6.45) is -0.129. The Balaban J connectivity index is 1.30. The zero-order valence-electron chi connectivity index (χ0n) is 17.8. The first-order valence-electron chi connectivity index (χ1n) is 11.0. The molecule has 0 bridgehead atoms. The lowest BCUT2D eigenvalue weighted by Crippen LogP contribution is -2.42. The highest BCUT2D eigenvalue weighted by atomic mass is 19.4. The Morgan fingerprint density at radius 3 is 2.22 bits per heavy atom. The Morgan fingerprint density at radius 2 is 1.56 bits per heavy atom. The highest BCUT2D eigenvalue weighted by Crippen LogP contribution is 2.25. The molecule has 32 heavy (non-hydrogen) atoms. The molecular formula is C24H27F3N2O3. The average molecular weight is 448 g/mol. The minimum atomic E-state index is -4.71. The van der Waals surface area contributed by atoms with E-state index in [0.717, 1.165) is 39.0 Å². The Hall–Kier alpha value is -2.74. The molecule has 5 nitrogen and oxygen atoms in total. The molecule has 0 radical (unpaired) electrons. The lowest BCUT2D eigenvalue weighted by molar-refractivity contribution is -0.274. The maximum absolute atomic E-state index is 13.0. The fourth-order valence-corrected chi connectivity index (χ4v) is 4.37. The fourth-order valence-electron chi connectivity index (χ4n) is 4.37. The summed E-state index contributed by atoms with van der Waals surface area (Å²) in [5, 5.41) is 0.